The van der Waals surface area contributed by atoms with Gasteiger partial charge in [-0.2, -0.15) is 0 Å². The van der Waals surface area contributed by atoms with Crippen LogP contribution in [0.2, 0.25) is 0 Å². The first-order chi connectivity index (χ1) is 17.6. The number of amides is 1. The fraction of sp³-hybridized carbons (Fsp3) is 0.429. The third-order valence-corrected chi connectivity index (χ3v) is 8.81. The van der Waals surface area contributed by atoms with E-state index in [9.17, 15) is 4.79 Å². The summed E-state index contributed by atoms with van der Waals surface area (Å²) in [5.74, 6) is 1.15. The van der Waals surface area contributed by atoms with Gasteiger partial charge in [-0.05, 0) is 62.9 Å². The van der Waals surface area contributed by atoms with Gasteiger partial charge in [-0.3, -0.25) is 4.79 Å². The van der Waals surface area contributed by atoms with Crippen LogP contribution in [0, 0.1) is 5.92 Å². The summed E-state index contributed by atoms with van der Waals surface area (Å²) in [4.78, 5) is 28.3. The number of thioether (sulfide) groups is 1. The summed E-state index contributed by atoms with van der Waals surface area (Å²) in [6, 6.07) is 7.31. The monoisotopic (exact) mass is 536 g/mol. The minimum absolute atomic E-state index is 0.0864. The summed E-state index contributed by atoms with van der Waals surface area (Å²) in [5, 5.41) is 4.54. The largest absolute Gasteiger partial charge is 0.497 e. The molecule has 1 unspecified atom stereocenters. The number of pyridine rings is 1. The quantitative estimate of drug-likeness (QED) is 0.215. The highest BCUT2D eigenvalue weighted by Crippen LogP contribution is 2.43. The van der Waals surface area contributed by atoms with E-state index in [0.717, 1.165) is 55.4 Å². The first-order valence-electron chi connectivity index (χ1n) is 12.5. The van der Waals surface area contributed by atoms with Crippen molar-refractivity contribution in [3.63, 3.8) is 0 Å². The summed E-state index contributed by atoms with van der Waals surface area (Å²) < 4.78 is 12.4. The van der Waals surface area contributed by atoms with E-state index in [4.69, 9.17) is 19.4 Å². The van der Waals surface area contributed by atoms with Gasteiger partial charge in [0.15, 0.2) is 0 Å². The van der Waals surface area contributed by atoms with Crippen molar-refractivity contribution >= 4 is 55.1 Å². The number of benzene rings is 1. The Hall–Kier alpha value is -2.75. The van der Waals surface area contributed by atoms with Crippen LogP contribution >= 0.6 is 23.1 Å². The van der Waals surface area contributed by atoms with Crippen LogP contribution in [0.15, 0.2) is 35.6 Å². The number of methoxy groups -OCH3 is 1. The summed E-state index contributed by atoms with van der Waals surface area (Å²) in [5.41, 5.74) is 5.02. The predicted octanol–water partition coefficient (Wildman–Crippen LogP) is 6.42. The molecule has 1 aliphatic rings. The maximum absolute atomic E-state index is 13.0. The molecule has 1 amide bonds. The lowest BCUT2D eigenvalue weighted by molar-refractivity contribution is -0.115. The highest BCUT2D eigenvalue weighted by molar-refractivity contribution is 8.00. The zero-order chi connectivity index (χ0) is 26.3. The fourth-order valence-corrected chi connectivity index (χ4v) is 6.78. The minimum atomic E-state index is -0.351. The molecule has 194 valence electrons. The van der Waals surface area contributed by atoms with E-state index < -0.39 is 0 Å². The number of rotatable bonds is 7. The number of carbonyl (C=O) groups is 1. The van der Waals surface area contributed by atoms with E-state index >= 15 is 0 Å². The maximum atomic E-state index is 13.0. The van der Waals surface area contributed by atoms with Gasteiger partial charge in [0, 0.05) is 28.8 Å². The van der Waals surface area contributed by atoms with Crippen LogP contribution in [0.5, 0.6) is 5.75 Å². The Kier molecular flexibility index (Phi) is 7.13. The molecular weight excluding hydrogens is 504 g/mol. The maximum Gasteiger partial charge on any atom is 0.237 e. The summed E-state index contributed by atoms with van der Waals surface area (Å²) in [6.07, 6.45) is 3.32. The molecule has 7 nitrogen and oxygen atoms in total. The molecule has 5 rings (SSSR count). The van der Waals surface area contributed by atoms with E-state index in [0.29, 0.717) is 12.5 Å². The number of nitrogens with one attached hydrogen (secondary N) is 1. The molecule has 0 aliphatic carbocycles. The van der Waals surface area contributed by atoms with Crippen molar-refractivity contribution in [2.45, 2.75) is 69.9 Å². The van der Waals surface area contributed by atoms with E-state index in [1.807, 2.05) is 31.2 Å². The van der Waals surface area contributed by atoms with E-state index in [1.165, 1.54) is 22.9 Å². The van der Waals surface area contributed by atoms with E-state index in [2.05, 4.69) is 38.0 Å². The molecule has 9 heteroatoms. The van der Waals surface area contributed by atoms with Gasteiger partial charge in [-0.1, -0.05) is 25.6 Å². The standard InChI is InChI=1S/C28H32N4O3S2/c1-15(2)11-21-20-13-35-28(4,5)12-19(20)22-23-24(37-26(22)32-21)27(30-14-29-23)36-16(3)25(33)31-17-7-9-18(34-6)10-8-17/h7-10,14-16H,11-13H2,1-6H3,(H,31,33). The lowest BCUT2D eigenvalue weighted by Gasteiger charge is -2.33. The van der Waals surface area contributed by atoms with Crippen LogP contribution in [0.25, 0.3) is 20.4 Å². The number of ether oxygens (including phenoxy) is 2. The van der Waals surface area contributed by atoms with Crippen LogP contribution in [0.3, 0.4) is 0 Å². The Morgan fingerprint density at radius 1 is 1.19 bits per heavy atom. The number of thiophene rings is 1. The third kappa shape index (κ3) is 5.30. The van der Waals surface area contributed by atoms with Gasteiger partial charge >= 0.3 is 0 Å². The highest BCUT2D eigenvalue weighted by Gasteiger charge is 2.32. The van der Waals surface area contributed by atoms with Crippen LogP contribution in [0.4, 0.5) is 5.69 Å². The van der Waals surface area contributed by atoms with Crippen molar-refractivity contribution in [3.8, 4) is 5.75 Å². The molecule has 0 fully saturated rings. The first kappa shape index (κ1) is 25.9. The average molecular weight is 537 g/mol. The molecule has 4 aromatic rings. The molecule has 1 aromatic carbocycles. The molecule has 1 aliphatic heterocycles. The van der Waals surface area contributed by atoms with Gasteiger partial charge in [0.1, 0.15) is 21.9 Å². The van der Waals surface area contributed by atoms with Gasteiger partial charge in [0.05, 0.1) is 34.8 Å². The molecule has 0 spiro atoms. The lowest BCUT2D eigenvalue weighted by Crippen LogP contribution is -2.33. The SMILES string of the molecule is COc1ccc(NC(=O)C(C)Sc2ncnc3c2sc2nc(CC(C)C)c4c(c23)CC(C)(C)OC4)cc1. The second kappa shape index (κ2) is 10.2. The summed E-state index contributed by atoms with van der Waals surface area (Å²) in [6.45, 7) is 11.2. The summed E-state index contributed by atoms with van der Waals surface area (Å²) in [7, 11) is 1.62. The van der Waals surface area contributed by atoms with Crippen molar-refractivity contribution in [3.05, 3.63) is 47.4 Å². The molecule has 3 aromatic heterocycles. The molecule has 37 heavy (non-hydrogen) atoms. The van der Waals surface area contributed by atoms with Crippen molar-refractivity contribution in [1.29, 1.82) is 0 Å². The molecule has 0 saturated carbocycles. The highest BCUT2D eigenvalue weighted by atomic mass is 32.2. The predicted molar refractivity (Wildman–Crippen MR) is 151 cm³/mol. The van der Waals surface area contributed by atoms with Crippen LogP contribution in [0.1, 0.15) is 51.4 Å². The van der Waals surface area contributed by atoms with Gasteiger partial charge in [-0.25, -0.2) is 15.0 Å². The second-order valence-electron chi connectivity index (χ2n) is 10.5. The number of aromatic nitrogens is 3. The first-order valence-corrected chi connectivity index (χ1v) is 14.2. The molecule has 0 bridgehead atoms. The number of anilines is 1. The molecule has 1 N–H and O–H groups in total. The summed E-state index contributed by atoms with van der Waals surface area (Å²) >= 11 is 3.07. The van der Waals surface area contributed by atoms with Crippen LogP contribution < -0.4 is 10.1 Å². The normalized spacial score (nSPS) is 15.6. The molecule has 1 atom stereocenters. The van der Waals surface area contributed by atoms with Gasteiger partial charge in [-0.15, -0.1) is 11.3 Å². The third-order valence-electron chi connectivity index (χ3n) is 6.50. The van der Waals surface area contributed by atoms with Crippen LogP contribution in [-0.4, -0.2) is 38.8 Å². The molecule has 0 radical (unpaired) electrons. The molecular formula is C28H32N4O3S2. The fourth-order valence-electron chi connectivity index (χ4n) is 4.63. The zero-order valence-electron chi connectivity index (χ0n) is 22.0. The number of fused-ring (bicyclic) bond motifs is 5. The Morgan fingerprint density at radius 2 is 1.95 bits per heavy atom. The Bertz CT molecular complexity index is 1460. The lowest BCUT2D eigenvalue weighted by atomic mass is 9.88. The Balaban J connectivity index is 1.50. The van der Waals surface area contributed by atoms with E-state index in [1.54, 1.807) is 24.8 Å². The average Bonchev–Trinajstić information content (AvgIpc) is 3.23. The number of carbonyl (C=O) groups excluding carboxylic acids is 1. The zero-order valence-corrected chi connectivity index (χ0v) is 23.7. The minimum Gasteiger partial charge on any atom is -0.497 e. The van der Waals surface area contributed by atoms with Crippen molar-refractivity contribution < 1.29 is 14.3 Å². The second-order valence-corrected chi connectivity index (χ2v) is 12.8. The van der Waals surface area contributed by atoms with Crippen molar-refractivity contribution in [2.75, 3.05) is 12.4 Å². The molecule has 4 heterocycles. The van der Waals surface area contributed by atoms with Gasteiger partial charge < -0.3 is 14.8 Å². The number of nitrogens with zero attached hydrogens (tertiary/aromatic N) is 3. The van der Waals surface area contributed by atoms with Gasteiger partial charge in [0.25, 0.3) is 0 Å². The number of hydrogen-bond donors (Lipinski definition) is 1. The van der Waals surface area contributed by atoms with Crippen molar-refractivity contribution in [2.24, 2.45) is 5.92 Å². The Labute approximate surface area is 225 Å². The topological polar surface area (TPSA) is 86.2 Å². The smallest absolute Gasteiger partial charge is 0.237 e. The van der Waals surface area contributed by atoms with Crippen molar-refractivity contribution in [1.82, 2.24) is 15.0 Å². The van der Waals surface area contributed by atoms with E-state index in [-0.39, 0.29) is 16.8 Å². The Morgan fingerprint density at radius 3 is 2.65 bits per heavy atom. The van der Waals surface area contributed by atoms with Gasteiger partial charge in [0.2, 0.25) is 5.91 Å². The number of hydrogen-bond acceptors (Lipinski definition) is 8. The molecule has 0 saturated heterocycles. The van der Waals surface area contributed by atoms with Crippen LogP contribution in [-0.2, 0) is 29.0 Å².